The molecule has 0 aliphatic carbocycles. The zero-order valence-electron chi connectivity index (χ0n) is 10.9. The summed E-state index contributed by atoms with van der Waals surface area (Å²) < 4.78 is 5.93. The van der Waals surface area contributed by atoms with E-state index in [1.165, 1.54) is 0 Å². The number of para-hydroxylation sites is 1. The Hall–Kier alpha value is -1.19. The number of halogens is 2. The van der Waals surface area contributed by atoms with Crippen LogP contribution in [0.15, 0.2) is 42.5 Å². The molecular weight excluding hydrogens is 326 g/mol. The van der Waals surface area contributed by atoms with Crippen LogP contribution in [0, 0.1) is 0 Å². The van der Waals surface area contributed by atoms with Crippen molar-refractivity contribution in [3.05, 3.63) is 53.1 Å². The van der Waals surface area contributed by atoms with E-state index in [0.29, 0.717) is 16.1 Å². The molecule has 0 saturated heterocycles. The maximum absolute atomic E-state index is 6.20. The number of hydrogen-bond acceptors (Lipinski definition) is 2. The van der Waals surface area contributed by atoms with Gasteiger partial charge in [0, 0.05) is 36.7 Å². The summed E-state index contributed by atoms with van der Waals surface area (Å²) in [4.78, 5) is 2.03. The van der Waals surface area contributed by atoms with Gasteiger partial charge in [0.15, 0.2) is 0 Å². The molecule has 0 unspecified atom stereocenters. The second-order valence-electron chi connectivity index (χ2n) is 4.36. The molecule has 19 heavy (non-hydrogen) atoms. The van der Waals surface area contributed by atoms with Crippen molar-refractivity contribution in [3.8, 4) is 11.5 Å². The van der Waals surface area contributed by atoms with Crippen LogP contribution in [0.25, 0.3) is 0 Å². The van der Waals surface area contributed by atoms with Crippen LogP contribution in [-0.4, -0.2) is 14.1 Å². The van der Waals surface area contributed by atoms with E-state index in [1.54, 1.807) is 0 Å². The maximum Gasteiger partial charge on any atom is 0.150 e. The van der Waals surface area contributed by atoms with Crippen LogP contribution in [0.2, 0.25) is 5.02 Å². The van der Waals surface area contributed by atoms with Crippen LogP contribution in [0.4, 0.5) is 5.69 Å². The zero-order valence-corrected chi connectivity index (χ0v) is 13.2. The molecule has 2 nitrogen and oxygen atoms in total. The largest absolute Gasteiger partial charge is 0.455 e. The second-order valence-corrected chi connectivity index (χ2v) is 5.32. The summed E-state index contributed by atoms with van der Waals surface area (Å²) in [5.41, 5.74) is 2.12. The quantitative estimate of drug-likeness (QED) is 0.719. The van der Waals surface area contributed by atoms with E-state index in [0.717, 1.165) is 17.0 Å². The minimum absolute atomic E-state index is 0.618. The smallest absolute Gasteiger partial charge is 0.150 e. The molecule has 4 heteroatoms. The number of hydrogen-bond donors (Lipinski definition) is 0. The first-order chi connectivity index (χ1) is 9.11. The van der Waals surface area contributed by atoms with Crippen molar-refractivity contribution in [1.29, 1.82) is 0 Å². The highest BCUT2D eigenvalue weighted by atomic mass is 79.9. The highest BCUT2D eigenvalue weighted by Gasteiger charge is 2.09. The van der Waals surface area contributed by atoms with Crippen molar-refractivity contribution in [2.24, 2.45) is 0 Å². The Morgan fingerprint density at radius 1 is 1.16 bits per heavy atom. The molecule has 0 fully saturated rings. The van der Waals surface area contributed by atoms with Crippen molar-refractivity contribution < 1.29 is 4.74 Å². The van der Waals surface area contributed by atoms with E-state index < -0.39 is 0 Å². The number of rotatable bonds is 4. The average molecular weight is 341 g/mol. The van der Waals surface area contributed by atoms with Gasteiger partial charge in [-0.1, -0.05) is 45.7 Å². The maximum atomic E-state index is 6.20. The molecule has 0 aliphatic rings. The van der Waals surface area contributed by atoms with Crippen LogP contribution < -0.4 is 9.64 Å². The van der Waals surface area contributed by atoms with Crippen LogP contribution in [0.1, 0.15) is 5.56 Å². The Labute approximate surface area is 127 Å². The topological polar surface area (TPSA) is 12.5 Å². The third-order valence-electron chi connectivity index (χ3n) is 2.75. The molecule has 2 aromatic rings. The highest BCUT2D eigenvalue weighted by Crippen LogP contribution is 2.35. The summed E-state index contributed by atoms with van der Waals surface area (Å²) >= 11 is 9.65. The summed E-state index contributed by atoms with van der Waals surface area (Å²) in [6, 6.07) is 13.7. The Kier molecular flexibility index (Phi) is 4.72. The molecule has 0 atom stereocenters. The summed E-state index contributed by atoms with van der Waals surface area (Å²) in [5, 5.41) is 1.32. The predicted octanol–water partition coefficient (Wildman–Crippen LogP) is 5.09. The second kappa shape index (κ2) is 6.31. The van der Waals surface area contributed by atoms with Crippen LogP contribution in [0.5, 0.6) is 11.5 Å². The number of ether oxygens (including phenoxy) is 1. The Morgan fingerprint density at radius 2 is 1.89 bits per heavy atom. The van der Waals surface area contributed by atoms with Crippen molar-refractivity contribution in [2.75, 3.05) is 19.0 Å². The number of alkyl halides is 1. The van der Waals surface area contributed by atoms with E-state index in [2.05, 4.69) is 15.9 Å². The minimum Gasteiger partial charge on any atom is -0.455 e. The molecule has 0 N–H and O–H groups in total. The van der Waals surface area contributed by atoms with E-state index in [9.17, 15) is 0 Å². The number of nitrogens with zero attached hydrogens (tertiary/aromatic N) is 1. The Bertz CT molecular complexity index is 572. The van der Waals surface area contributed by atoms with E-state index in [4.69, 9.17) is 16.3 Å². The summed E-state index contributed by atoms with van der Waals surface area (Å²) in [6.45, 7) is 0. The summed E-state index contributed by atoms with van der Waals surface area (Å²) in [6.07, 6.45) is 0. The van der Waals surface area contributed by atoms with Gasteiger partial charge in [0.2, 0.25) is 0 Å². The van der Waals surface area contributed by atoms with Gasteiger partial charge in [-0.25, -0.2) is 0 Å². The Balaban J connectivity index is 2.33. The van der Waals surface area contributed by atoms with Crippen LogP contribution in [0.3, 0.4) is 0 Å². The molecule has 0 radical (unpaired) electrons. The molecule has 0 aliphatic heterocycles. The molecule has 0 spiro atoms. The average Bonchev–Trinajstić information content (AvgIpc) is 2.41. The van der Waals surface area contributed by atoms with Gasteiger partial charge in [-0.3, -0.25) is 0 Å². The van der Waals surface area contributed by atoms with Gasteiger partial charge in [-0.05, 0) is 18.2 Å². The van der Waals surface area contributed by atoms with Gasteiger partial charge in [-0.15, -0.1) is 0 Å². The zero-order chi connectivity index (χ0) is 13.8. The first-order valence-corrected chi connectivity index (χ1v) is 7.40. The van der Waals surface area contributed by atoms with Crippen molar-refractivity contribution in [2.45, 2.75) is 5.33 Å². The molecular formula is C15H15BrClNO. The molecule has 100 valence electrons. The third-order valence-corrected chi connectivity index (χ3v) is 3.65. The van der Waals surface area contributed by atoms with Gasteiger partial charge in [-0.2, -0.15) is 0 Å². The van der Waals surface area contributed by atoms with Gasteiger partial charge in [0.1, 0.15) is 11.5 Å². The molecule has 0 bridgehead atoms. The monoisotopic (exact) mass is 339 g/mol. The Morgan fingerprint density at radius 3 is 2.58 bits per heavy atom. The van der Waals surface area contributed by atoms with E-state index in [-0.39, 0.29) is 0 Å². The molecule has 2 rings (SSSR count). The minimum atomic E-state index is 0.618. The first-order valence-electron chi connectivity index (χ1n) is 5.90. The highest BCUT2D eigenvalue weighted by molar-refractivity contribution is 9.08. The van der Waals surface area contributed by atoms with E-state index >= 15 is 0 Å². The van der Waals surface area contributed by atoms with E-state index in [1.807, 2.05) is 61.5 Å². The van der Waals surface area contributed by atoms with Gasteiger partial charge in [0.25, 0.3) is 0 Å². The van der Waals surface area contributed by atoms with Crippen molar-refractivity contribution >= 4 is 33.2 Å². The fraction of sp³-hybridized carbons (Fsp3) is 0.200. The summed E-state index contributed by atoms with van der Waals surface area (Å²) in [7, 11) is 4.00. The lowest BCUT2D eigenvalue weighted by atomic mass is 10.2. The van der Waals surface area contributed by atoms with Crippen molar-refractivity contribution in [1.82, 2.24) is 0 Å². The number of benzene rings is 2. The van der Waals surface area contributed by atoms with Gasteiger partial charge in [0.05, 0.1) is 5.02 Å². The molecule has 2 aromatic carbocycles. The number of anilines is 1. The standard InChI is InChI=1S/C15H15BrClNO/c1-18(2)12-6-4-7-13(9-12)19-15-11(10-16)5-3-8-14(15)17/h3-9H,10H2,1-2H3. The predicted molar refractivity (Wildman–Crippen MR) is 84.9 cm³/mol. The lowest BCUT2D eigenvalue weighted by molar-refractivity contribution is 0.479. The molecule has 0 amide bonds. The molecule has 0 heterocycles. The van der Waals surface area contributed by atoms with Crippen molar-refractivity contribution in [3.63, 3.8) is 0 Å². The first kappa shape index (κ1) is 14.2. The van der Waals surface area contributed by atoms with Gasteiger partial charge >= 0.3 is 0 Å². The fourth-order valence-electron chi connectivity index (χ4n) is 1.72. The molecule has 0 saturated carbocycles. The normalized spacial score (nSPS) is 10.3. The lowest BCUT2D eigenvalue weighted by Gasteiger charge is -2.15. The SMILES string of the molecule is CN(C)c1cccc(Oc2c(Cl)cccc2CBr)c1. The third kappa shape index (κ3) is 3.43. The fourth-order valence-corrected chi connectivity index (χ4v) is 2.39. The van der Waals surface area contributed by atoms with Crippen LogP contribution >= 0.6 is 27.5 Å². The molecule has 0 aromatic heterocycles. The summed E-state index contributed by atoms with van der Waals surface area (Å²) in [5.74, 6) is 1.48. The van der Waals surface area contributed by atoms with Crippen LogP contribution in [-0.2, 0) is 5.33 Å². The van der Waals surface area contributed by atoms with Gasteiger partial charge < -0.3 is 9.64 Å². The lowest BCUT2D eigenvalue weighted by Crippen LogP contribution is -2.08.